The summed E-state index contributed by atoms with van der Waals surface area (Å²) in [6.07, 6.45) is 0.701. The molecule has 0 aliphatic heterocycles. The maximum atomic E-state index is 12.0. The van der Waals surface area contributed by atoms with Crippen LogP contribution in [0.4, 0.5) is 0 Å². The molecule has 0 spiro atoms. The first-order chi connectivity index (χ1) is 9.37. The summed E-state index contributed by atoms with van der Waals surface area (Å²) in [5, 5.41) is 7.95. The van der Waals surface area contributed by atoms with Gasteiger partial charge in [0.15, 0.2) is 0 Å². The van der Waals surface area contributed by atoms with E-state index < -0.39 is 15.9 Å². The van der Waals surface area contributed by atoms with E-state index in [-0.39, 0.29) is 18.5 Å². The van der Waals surface area contributed by atoms with E-state index in [0.717, 1.165) is 10.9 Å². The molecule has 1 aromatic carbocycles. The van der Waals surface area contributed by atoms with Crippen molar-refractivity contribution in [2.45, 2.75) is 13.0 Å². The van der Waals surface area contributed by atoms with Crippen molar-refractivity contribution in [1.29, 1.82) is 0 Å². The third-order valence-corrected chi connectivity index (χ3v) is 3.08. The molecule has 2 aromatic rings. The highest BCUT2D eigenvalue weighted by atomic mass is 32.2. The Kier molecular flexibility index (Phi) is 3.79. The molecule has 106 valence electrons. The summed E-state index contributed by atoms with van der Waals surface area (Å²) in [5.41, 5.74) is 0.0945. The molecular formula is C11H12N4O4S. The number of carbonyl (C=O) groups excluding carboxylic acids is 1. The predicted molar refractivity (Wildman–Crippen MR) is 71.4 cm³/mol. The van der Waals surface area contributed by atoms with Gasteiger partial charge in [-0.15, -0.1) is 5.10 Å². The number of sulfonamides is 1. The smallest absolute Gasteiger partial charge is 0.274 e. The van der Waals surface area contributed by atoms with Gasteiger partial charge in [-0.2, -0.15) is 0 Å². The van der Waals surface area contributed by atoms with Gasteiger partial charge in [0.05, 0.1) is 18.2 Å². The second kappa shape index (κ2) is 5.37. The van der Waals surface area contributed by atoms with Crippen molar-refractivity contribution < 1.29 is 13.2 Å². The van der Waals surface area contributed by atoms with Crippen LogP contribution in [0.15, 0.2) is 29.1 Å². The quantitative estimate of drug-likeness (QED) is 0.795. The van der Waals surface area contributed by atoms with Gasteiger partial charge in [0.2, 0.25) is 15.9 Å². The number of nitrogens with one attached hydrogen (secondary N) is 1. The summed E-state index contributed by atoms with van der Waals surface area (Å²) in [4.78, 5) is 23.4. The van der Waals surface area contributed by atoms with E-state index in [1.807, 2.05) is 4.72 Å². The molecule has 0 aliphatic rings. The molecule has 1 heterocycles. The average Bonchev–Trinajstić information content (AvgIpc) is 2.36. The molecule has 20 heavy (non-hydrogen) atoms. The zero-order valence-corrected chi connectivity index (χ0v) is 11.4. The topological polar surface area (TPSA) is 111 Å². The fourth-order valence-electron chi connectivity index (χ4n) is 1.64. The molecule has 0 fully saturated rings. The molecule has 0 unspecified atom stereocenters. The number of nitrogens with zero attached hydrogens (tertiary/aromatic N) is 3. The highest BCUT2D eigenvalue weighted by Gasteiger charge is 2.10. The SMILES string of the molecule is CS(=O)(=O)NC(=O)CCn1nnc2ccccc2c1=O. The largest absolute Gasteiger partial charge is 0.277 e. The van der Waals surface area contributed by atoms with Crippen LogP contribution in [0.2, 0.25) is 0 Å². The Morgan fingerprint density at radius 1 is 1.35 bits per heavy atom. The maximum Gasteiger partial charge on any atom is 0.277 e. The van der Waals surface area contributed by atoms with Crippen molar-refractivity contribution in [1.82, 2.24) is 19.7 Å². The third kappa shape index (κ3) is 3.38. The summed E-state index contributed by atoms with van der Waals surface area (Å²) in [6.45, 7) is -0.0436. The van der Waals surface area contributed by atoms with Crippen LogP contribution in [-0.2, 0) is 21.4 Å². The number of benzene rings is 1. The minimum Gasteiger partial charge on any atom is -0.274 e. The van der Waals surface area contributed by atoms with E-state index in [0.29, 0.717) is 10.9 Å². The number of aryl methyl sites for hydroxylation is 1. The Morgan fingerprint density at radius 2 is 2.05 bits per heavy atom. The molecule has 0 bridgehead atoms. The number of fused-ring (bicyclic) bond motifs is 1. The summed E-state index contributed by atoms with van der Waals surface area (Å²) in [5.74, 6) is -0.700. The van der Waals surface area contributed by atoms with E-state index in [9.17, 15) is 18.0 Å². The van der Waals surface area contributed by atoms with Crippen molar-refractivity contribution in [2.24, 2.45) is 0 Å². The fourth-order valence-corrected chi connectivity index (χ4v) is 2.15. The van der Waals surface area contributed by atoms with Gasteiger partial charge in [-0.3, -0.25) is 14.3 Å². The summed E-state index contributed by atoms with van der Waals surface area (Å²) < 4.78 is 24.6. The zero-order chi connectivity index (χ0) is 14.8. The third-order valence-electron chi connectivity index (χ3n) is 2.48. The first-order valence-electron chi connectivity index (χ1n) is 5.70. The second-order valence-corrected chi connectivity index (χ2v) is 5.93. The highest BCUT2D eigenvalue weighted by Crippen LogP contribution is 2.03. The Bertz CT molecular complexity index is 813. The lowest BCUT2D eigenvalue weighted by atomic mass is 10.2. The number of amides is 1. The van der Waals surface area contributed by atoms with E-state index in [2.05, 4.69) is 10.3 Å². The number of hydrogen-bond acceptors (Lipinski definition) is 6. The Morgan fingerprint density at radius 3 is 2.75 bits per heavy atom. The van der Waals surface area contributed by atoms with Gasteiger partial charge in [0.25, 0.3) is 5.56 Å². The van der Waals surface area contributed by atoms with Crippen molar-refractivity contribution in [3.63, 3.8) is 0 Å². The van der Waals surface area contributed by atoms with Crippen LogP contribution < -0.4 is 10.3 Å². The molecule has 0 saturated heterocycles. The number of aromatic nitrogens is 3. The van der Waals surface area contributed by atoms with Crippen LogP contribution in [0.5, 0.6) is 0 Å². The normalized spacial score (nSPS) is 11.4. The Hall–Kier alpha value is -2.29. The number of hydrogen-bond donors (Lipinski definition) is 1. The minimum absolute atomic E-state index is 0.0436. The molecule has 0 saturated carbocycles. The molecule has 1 aromatic heterocycles. The van der Waals surface area contributed by atoms with Gasteiger partial charge < -0.3 is 0 Å². The molecule has 2 rings (SSSR count). The molecule has 0 radical (unpaired) electrons. The fraction of sp³-hybridized carbons (Fsp3) is 0.273. The van der Waals surface area contributed by atoms with Crippen LogP contribution >= 0.6 is 0 Å². The monoisotopic (exact) mass is 296 g/mol. The Balaban J connectivity index is 2.17. The average molecular weight is 296 g/mol. The molecule has 0 aliphatic carbocycles. The van der Waals surface area contributed by atoms with Gasteiger partial charge in [0, 0.05) is 6.42 Å². The summed E-state index contributed by atoms with van der Waals surface area (Å²) in [7, 11) is -3.60. The lowest BCUT2D eigenvalue weighted by Gasteiger charge is -2.05. The van der Waals surface area contributed by atoms with Crippen molar-refractivity contribution >= 4 is 26.8 Å². The van der Waals surface area contributed by atoms with E-state index >= 15 is 0 Å². The lowest BCUT2D eigenvalue weighted by Crippen LogP contribution is -2.32. The van der Waals surface area contributed by atoms with Crippen molar-refractivity contribution in [3.05, 3.63) is 34.6 Å². The second-order valence-electron chi connectivity index (χ2n) is 4.18. The predicted octanol–water partition coefficient (Wildman–Crippen LogP) is -0.743. The molecular weight excluding hydrogens is 284 g/mol. The van der Waals surface area contributed by atoms with Crippen molar-refractivity contribution in [3.8, 4) is 0 Å². The van der Waals surface area contributed by atoms with Crippen LogP contribution in [0.25, 0.3) is 10.9 Å². The van der Waals surface area contributed by atoms with Gasteiger partial charge in [-0.1, -0.05) is 17.3 Å². The first-order valence-corrected chi connectivity index (χ1v) is 7.59. The highest BCUT2D eigenvalue weighted by molar-refractivity contribution is 7.89. The maximum absolute atomic E-state index is 12.0. The lowest BCUT2D eigenvalue weighted by molar-refractivity contribution is -0.119. The van der Waals surface area contributed by atoms with E-state index in [1.165, 1.54) is 0 Å². The van der Waals surface area contributed by atoms with Crippen LogP contribution in [-0.4, -0.2) is 35.6 Å². The van der Waals surface area contributed by atoms with Gasteiger partial charge in [0.1, 0.15) is 5.52 Å². The summed E-state index contributed by atoms with van der Waals surface area (Å²) in [6, 6.07) is 6.70. The number of rotatable bonds is 4. The van der Waals surface area contributed by atoms with Gasteiger partial charge in [-0.25, -0.2) is 13.1 Å². The molecule has 1 N–H and O–H groups in total. The number of carbonyl (C=O) groups is 1. The van der Waals surface area contributed by atoms with Gasteiger partial charge in [-0.05, 0) is 12.1 Å². The first kappa shape index (κ1) is 14.1. The van der Waals surface area contributed by atoms with Crippen LogP contribution in [0.3, 0.4) is 0 Å². The van der Waals surface area contributed by atoms with Crippen LogP contribution in [0.1, 0.15) is 6.42 Å². The molecule has 0 atom stereocenters. The summed E-state index contributed by atoms with van der Waals surface area (Å²) >= 11 is 0. The van der Waals surface area contributed by atoms with Crippen LogP contribution in [0, 0.1) is 0 Å². The molecule has 1 amide bonds. The standard InChI is InChI=1S/C11H12N4O4S/c1-20(18,19)13-10(16)6-7-15-11(17)8-4-2-3-5-9(8)12-14-15/h2-5H,6-7H2,1H3,(H,13,16). The van der Waals surface area contributed by atoms with E-state index in [4.69, 9.17) is 0 Å². The van der Waals surface area contributed by atoms with Gasteiger partial charge >= 0.3 is 0 Å². The van der Waals surface area contributed by atoms with E-state index in [1.54, 1.807) is 24.3 Å². The zero-order valence-electron chi connectivity index (χ0n) is 10.6. The minimum atomic E-state index is -3.60. The molecule has 8 nitrogen and oxygen atoms in total. The van der Waals surface area contributed by atoms with Crippen molar-refractivity contribution in [2.75, 3.05) is 6.26 Å². The molecule has 9 heteroatoms. The Labute approximate surface area is 114 Å².